The minimum Gasteiger partial charge on any atom is -0.342 e. The SMILES string of the molecule is CCc1cn(C2CC2)c(N2CCC(C(C)N)C2)n1. The van der Waals surface area contributed by atoms with Gasteiger partial charge in [0, 0.05) is 31.4 Å². The van der Waals surface area contributed by atoms with Crippen molar-refractivity contribution in [2.24, 2.45) is 11.7 Å². The first-order valence-electron chi connectivity index (χ1n) is 7.27. The van der Waals surface area contributed by atoms with Gasteiger partial charge in [-0.1, -0.05) is 6.92 Å². The molecule has 4 heteroatoms. The summed E-state index contributed by atoms with van der Waals surface area (Å²) in [5.74, 6) is 1.82. The summed E-state index contributed by atoms with van der Waals surface area (Å²) in [5, 5.41) is 0. The topological polar surface area (TPSA) is 47.1 Å². The molecule has 2 aliphatic rings. The van der Waals surface area contributed by atoms with Gasteiger partial charge in [-0.15, -0.1) is 0 Å². The van der Waals surface area contributed by atoms with Crippen LogP contribution in [-0.4, -0.2) is 28.7 Å². The van der Waals surface area contributed by atoms with Crippen LogP contribution in [0.5, 0.6) is 0 Å². The fourth-order valence-electron chi connectivity index (χ4n) is 2.86. The van der Waals surface area contributed by atoms with Gasteiger partial charge in [-0.25, -0.2) is 4.98 Å². The number of aryl methyl sites for hydroxylation is 1. The molecular weight excluding hydrogens is 224 g/mol. The van der Waals surface area contributed by atoms with E-state index >= 15 is 0 Å². The van der Waals surface area contributed by atoms with Gasteiger partial charge in [0.15, 0.2) is 0 Å². The molecule has 1 saturated carbocycles. The highest BCUT2D eigenvalue weighted by Gasteiger charge is 2.32. The van der Waals surface area contributed by atoms with Gasteiger partial charge < -0.3 is 15.2 Å². The molecule has 1 aliphatic heterocycles. The van der Waals surface area contributed by atoms with E-state index in [0.29, 0.717) is 18.0 Å². The molecule has 4 nitrogen and oxygen atoms in total. The number of imidazole rings is 1. The van der Waals surface area contributed by atoms with Gasteiger partial charge in [0.05, 0.1) is 5.69 Å². The lowest BCUT2D eigenvalue weighted by atomic mass is 10.0. The van der Waals surface area contributed by atoms with Crippen LogP contribution in [0.15, 0.2) is 6.20 Å². The molecule has 18 heavy (non-hydrogen) atoms. The quantitative estimate of drug-likeness (QED) is 0.886. The minimum atomic E-state index is 0.296. The average Bonchev–Trinajstić information content (AvgIpc) is 2.94. The third-order valence-corrected chi connectivity index (χ3v) is 4.32. The van der Waals surface area contributed by atoms with Crippen LogP contribution in [0.1, 0.15) is 44.8 Å². The molecule has 2 fully saturated rings. The van der Waals surface area contributed by atoms with Crippen molar-refractivity contribution in [2.45, 2.75) is 51.6 Å². The van der Waals surface area contributed by atoms with Gasteiger partial charge >= 0.3 is 0 Å². The molecule has 2 heterocycles. The van der Waals surface area contributed by atoms with Gasteiger partial charge in [-0.05, 0) is 38.5 Å². The molecule has 100 valence electrons. The third kappa shape index (κ3) is 2.14. The van der Waals surface area contributed by atoms with Crippen LogP contribution in [0.3, 0.4) is 0 Å². The summed E-state index contributed by atoms with van der Waals surface area (Å²) in [7, 11) is 0. The highest BCUT2D eigenvalue weighted by atomic mass is 15.3. The van der Waals surface area contributed by atoms with Crippen molar-refractivity contribution < 1.29 is 0 Å². The summed E-state index contributed by atoms with van der Waals surface area (Å²) in [6.45, 7) is 6.49. The summed E-state index contributed by atoms with van der Waals surface area (Å²) in [5.41, 5.74) is 7.25. The van der Waals surface area contributed by atoms with Crippen molar-refractivity contribution in [1.82, 2.24) is 9.55 Å². The van der Waals surface area contributed by atoms with Gasteiger partial charge in [0.1, 0.15) is 0 Å². The maximum atomic E-state index is 6.03. The predicted octanol–water partition coefficient (Wildman–Crippen LogP) is 1.95. The highest BCUT2D eigenvalue weighted by molar-refractivity contribution is 5.37. The lowest BCUT2D eigenvalue weighted by Crippen LogP contribution is -2.30. The van der Waals surface area contributed by atoms with E-state index in [4.69, 9.17) is 10.7 Å². The molecule has 0 aromatic carbocycles. The van der Waals surface area contributed by atoms with Crippen molar-refractivity contribution in [1.29, 1.82) is 0 Å². The molecule has 2 N–H and O–H groups in total. The van der Waals surface area contributed by atoms with Crippen molar-refractivity contribution in [3.05, 3.63) is 11.9 Å². The summed E-state index contributed by atoms with van der Waals surface area (Å²) < 4.78 is 2.41. The van der Waals surface area contributed by atoms with Crippen LogP contribution in [0.25, 0.3) is 0 Å². The first kappa shape index (κ1) is 12.0. The first-order chi connectivity index (χ1) is 8.69. The number of nitrogens with zero attached hydrogens (tertiary/aromatic N) is 3. The van der Waals surface area contributed by atoms with Crippen LogP contribution in [0.4, 0.5) is 5.95 Å². The second-order valence-corrected chi connectivity index (χ2v) is 5.88. The molecule has 0 radical (unpaired) electrons. The van der Waals surface area contributed by atoms with E-state index in [1.54, 1.807) is 0 Å². The second-order valence-electron chi connectivity index (χ2n) is 5.88. The summed E-state index contributed by atoms with van der Waals surface area (Å²) in [6.07, 6.45) is 7.12. The van der Waals surface area contributed by atoms with Gasteiger partial charge in [0.25, 0.3) is 0 Å². The zero-order valence-electron chi connectivity index (χ0n) is 11.5. The lowest BCUT2D eigenvalue weighted by molar-refractivity contribution is 0.487. The molecule has 0 bridgehead atoms. The van der Waals surface area contributed by atoms with Crippen molar-refractivity contribution in [2.75, 3.05) is 18.0 Å². The Balaban J connectivity index is 1.81. The van der Waals surface area contributed by atoms with Crippen LogP contribution in [0, 0.1) is 5.92 Å². The molecule has 1 aromatic heterocycles. The number of hydrogen-bond acceptors (Lipinski definition) is 3. The molecule has 2 atom stereocenters. The predicted molar refractivity (Wildman–Crippen MR) is 73.8 cm³/mol. The summed E-state index contributed by atoms with van der Waals surface area (Å²) >= 11 is 0. The second kappa shape index (κ2) is 4.57. The smallest absolute Gasteiger partial charge is 0.205 e. The average molecular weight is 248 g/mol. The van der Waals surface area contributed by atoms with Gasteiger partial charge in [-0.3, -0.25) is 0 Å². The van der Waals surface area contributed by atoms with E-state index in [1.165, 1.54) is 30.9 Å². The molecule has 2 unspecified atom stereocenters. The first-order valence-corrected chi connectivity index (χ1v) is 7.27. The number of rotatable bonds is 4. The Morgan fingerprint density at radius 1 is 1.44 bits per heavy atom. The maximum Gasteiger partial charge on any atom is 0.205 e. The van der Waals surface area contributed by atoms with Crippen LogP contribution < -0.4 is 10.6 Å². The van der Waals surface area contributed by atoms with Crippen LogP contribution >= 0.6 is 0 Å². The molecule has 1 saturated heterocycles. The van der Waals surface area contributed by atoms with E-state index in [0.717, 1.165) is 19.5 Å². The number of aromatic nitrogens is 2. The Morgan fingerprint density at radius 2 is 2.22 bits per heavy atom. The Morgan fingerprint density at radius 3 is 2.78 bits per heavy atom. The van der Waals surface area contributed by atoms with Crippen LogP contribution in [-0.2, 0) is 6.42 Å². The fraction of sp³-hybridized carbons (Fsp3) is 0.786. The standard InChI is InChI=1S/C14H24N4/c1-3-12-9-18(13-4-5-13)14(16-12)17-7-6-11(8-17)10(2)15/h9-11,13H,3-8,15H2,1-2H3. The Kier molecular flexibility index (Phi) is 3.06. The molecule has 1 aliphatic carbocycles. The Hall–Kier alpha value is -1.03. The van der Waals surface area contributed by atoms with Gasteiger partial charge in [0.2, 0.25) is 5.95 Å². The normalized spacial score (nSPS) is 25.7. The zero-order chi connectivity index (χ0) is 12.7. The van der Waals surface area contributed by atoms with E-state index in [1.807, 2.05) is 0 Å². The van der Waals surface area contributed by atoms with E-state index in [-0.39, 0.29) is 0 Å². The monoisotopic (exact) mass is 248 g/mol. The highest BCUT2D eigenvalue weighted by Crippen LogP contribution is 2.39. The summed E-state index contributed by atoms with van der Waals surface area (Å²) in [4.78, 5) is 7.25. The van der Waals surface area contributed by atoms with E-state index in [2.05, 4.69) is 29.5 Å². The fourth-order valence-corrected chi connectivity index (χ4v) is 2.86. The molecule has 0 spiro atoms. The van der Waals surface area contributed by atoms with Crippen molar-refractivity contribution in [3.63, 3.8) is 0 Å². The van der Waals surface area contributed by atoms with E-state index < -0.39 is 0 Å². The zero-order valence-corrected chi connectivity index (χ0v) is 11.5. The molecular formula is C14H24N4. The maximum absolute atomic E-state index is 6.03. The molecule has 3 rings (SSSR count). The number of nitrogens with two attached hydrogens (primary N) is 1. The van der Waals surface area contributed by atoms with Gasteiger partial charge in [-0.2, -0.15) is 0 Å². The Bertz CT molecular complexity index is 419. The van der Waals surface area contributed by atoms with Crippen molar-refractivity contribution >= 4 is 5.95 Å². The number of anilines is 1. The van der Waals surface area contributed by atoms with Crippen molar-refractivity contribution in [3.8, 4) is 0 Å². The number of hydrogen-bond donors (Lipinski definition) is 1. The van der Waals surface area contributed by atoms with E-state index in [9.17, 15) is 0 Å². The minimum absolute atomic E-state index is 0.296. The largest absolute Gasteiger partial charge is 0.342 e. The lowest BCUT2D eigenvalue weighted by Gasteiger charge is -2.20. The third-order valence-electron chi connectivity index (χ3n) is 4.32. The summed E-state index contributed by atoms with van der Waals surface area (Å²) in [6, 6.07) is 1.01. The van der Waals surface area contributed by atoms with Crippen LogP contribution in [0.2, 0.25) is 0 Å². The molecule has 0 amide bonds. The Labute approximate surface area is 109 Å². The molecule has 1 aromatic rings.